The molecule has 0 amide bonds. The molecule has 0 saturated carbocycles. The van der Waals surface area contributed by atoms with Gasteiger partial charge in [0.15, 0.2) is 0 Å². The van der Waals surface area contributed by atoms with Crippen LogP contribution in [0.5, 0.6) is 0 Å². The third-order valence-corrected chi connectivity index (χ3v) is 2.17. The monoisotopic (exact) mass is 185 g/mol. The molecule has 72 valence electrons. The predicted octanol–water partition coefficient (Wildman–Crippen LogP) is 3.33. The molecule has 1 aromatic rings. The third kappa shape index (κ3) is 1.94. The van der Waals surface area contributed by atoms with E-state index in [2.05, 4.69) is 19.7 Å². The summed E-state index contributed by atoms with van der Waals surface area (Å²) >= 11 is 0. The summed E-state index contributed by atoms with van der Waals surface area (Å²) in [4.78, 5) is 0. The molecule has 0 aliphatic rings. The zero-order valence-electron chi connectivity index (χ0n) is 8.51. The smallest absolute Gasteiger partial charge is 0.0393 e. The van der Waals surface area contributed by atoms with E-state index in [0.29, 0.717) is 0 Å². The predicted molar refractivity (Wildman–Crippen MR) is 64.0 cm³/mol. The lowest BCUT2D eigenvalue weighted by Crippen LogP contribution is -1.94. The summed E-state index contributed by atoms with van der Waals surface area (Å²) in [5.74, 6) is 0. The van der Waals surface area contributed by atoms with E-state index < -0.39 is 0 Å². The van der Waals surface area contributed by atoms with E-state index in [1.165, 1.54) is 0 Å². The van der Waals surface area contributed by atoms with Gasteiger partial charge in [0.1, 0.15) is 0 Å². The van der Waals surface area contributed by atoms with Crippen molar-refractivity contribution in [2.45, 2.75) is 6.92 Å². The Bertz CT molecular complexity index is 400. The highest BCUT2D eigenvalue weighted by atomic mass is 14.6. The molecule has 0 radical (unpaired) electrons. The van der Waals surface area contributed by atoms with Crippen LogP contribution in [-0.4, -0.2) is 0 Å². The second-order valence-electron chi connectivity index (χ2n) is 3.30. The maximum Gasteiger partial charge on any atom is 0.0393 e. The van der Waals surface area contributed by atoms with Crippen LogP contribution in [0.4, 0.5) is 5.69 Å². The number of allylic oxidation sites excluding steroid dienone is 3. The summed E-state index contributed by atoms with van der Waals surface area (Å²) in [7, 11) is 0. The van der Waals surface area contributed by atoms with Gasteiger partial charge >= 0.3 is 0 Å². The quantitative estimate of drug-likeness (QED) is 0.567. The first kappa shape index (κ1) is 10.3. The number of aryl methyl sites for hydroxylation is 1. The Morgan fingerprint density at radius 1 is 1.36 bits per heavy atom. The van der Waals surface area contributed by atoms with Crippen molar-refractivity contribution in [2.24, 2.45) is 0 Å². The molecule has 0 spiro atoms. The number of rotatable bonds is 3. The number of anilines is 1. The Hall–Kier alpha value is -1.76. The van der Waals surface area contributed by atoms with Crippen LogP contribution < -0.4 is 5.73 Å². The summed E-state index contributed by atoms with van der Waals surface area (Å²) in [6.45, 7) is 13.5. The van der Waals surface area contributed by atoms with E-state index in [9.17, 15) is 0 Å². The zero-order valence-corrected chi connectivity index (χ0v) is 8.51. The lowest BCUT2D eigenvalue weighted by molar-refractivity contribution is 1.45. The molecule has 2 N–H and O–H groups in total. The van der Waals surface area contributed by atoms with Gasteiger partial charge in [0.25, 0.3) is 0 Å². The van der Waals surface area contributed by atoms with Gasteiger partial charge in [-0.15, -0.1) is 0 Å². The van der Waals surface area contributed by atoms with Crippen molar-refractivity contribution in [1.29, 1.82) is 0 Å². The summed E-state index contributed by atoms with van der Waals surface area (Å²) in [6, 6.07) is 5.86. The molecular formula is C13H15N. The first-order valence-electron chi connectivity index (χ1n) is 4.43. The van der Waals surface area contributed by atoms with Crippen LogP contribution in [0.15, 0.2) is 49.6 Å². The lowest BCUT2D eigenvalue weighted by Gasteiger charge is -2.09. The van der Waals surface area contributed by atoms with Gasteiger partial charge in [0.2, 0.25) is 0 Å². The summed E-state index contributed by atoms with van der Waals surface area (Å²) in [6.07, 6.45) is 1.68. The normalized spacial score (nSPS) is 9.50. The Kier molecular flexibility index (Phi) is 2.92. The molecule has 1 nitrogen and oxygen atoms in total. The Balaban J connectivity index is 3.18. The standard InChI is InChI=1S/C13H15N/c1-5-10(3)11(4)12-8-9(2)6-7-13(12)14/h5-8H,1,3-4,14H2,2H3. The molecule has 1 aromatic carbocycles. The van der Waals surface area contributed by atoms with E-state index >= 15 is 0 Å². The lowest BCUT2D eigenvalue weighted by atomic mass is 9.97. The van der Waals surface area contributed by atoms with Crippen molar-refractivity contribution < 1.29 is 0 Å². The number of nitrogens with two attached hydrogens (primary N) is 1. The van der Waals surface area contributed by atoms with Crippen LogP contribution in [-0.2, 0) is 0 Å². The minimum absolute atomic E-state index is 0.726. The van der Waals surface area contributed by atoms with Crippen LogP contribution in [0.25, 0.3) is 5.57 Å². The fraction of sp³-hybridized carbons (Fsp3) is 0.0769. The van der Waals surface area contributed by atoms with Crippen molar-refractivity contribution in [1.82, 2.24) is 0 Å². The number of benzene rings is 1. The highest BCUT2D eigenvalue weighted by Crippen LogP contribution is 2.26. The molecule has 0 heterocycles. The summed E-state index contributed by atoms with van der Waals surface area (Å²) in [5.41, 5.74) is 10.3. The van der Waals surface area contributed by atoms with Crippen LogP contribution in [0, 0.1) is 6.92 Å². The minimum Gasteiger partial charge on any atom is -0.398 e. The van der Waals surface area contributed by atoms with Gasteiger partial charge in [-0.2, -0.15) is 0 Å². The van der Waals surface area contributed by atoms with E-state index in [1.54, 1.807) is 6.08 Å². The SMILES string of the molecule is C=CC(=C)C(=C)c1cc(C)ccc1N. The van der Waals surface area contributed by atoms with Crippen LogP contribution in [0.3, 0.4) is 0 Å². The molecule has 0 bridgehead atoms. The Morgan fingerprint density at radius 3 is 2.57 bits per heavy atom. The van der Waals surface area contributed by atoms with Gasteiger partial charge in [-0.05, 0) is 30.2 Å². The molecule has 1 heteroatoms. The van der Waals surface area contributed by atoms with Crippen molar-refractivity contribution in [3.05, 3.63) is 60.7 Å². The van der Waals surface area contributed by atoms with Gasteiger partial charge in [0.05, 0.1) is 0 Å². The van der Waals surface area contributed by atoms with Crippen LogP contribution in [0.1, 0.15) is 11.1 Å². The summed E-state index contributed by atoms with van der Waals surface area (Å²) in [5, 5.41) is 0. The Labute approximate surface area is 85.3 Å². The van der Waals surface area contributed by atoms with Crippen molar-refractivity contribution in [3.63, 3.8) is 0 Å². The van der Waals surface area contributed by atoms with Crippen molar-refractivity contribution >= 4 is 11.3 Å². The highest BCUT2D eigenvalue weighted by molar-refractivity contribution is 5.85. The van der Waals surface area contributed by atoms with Crippen molar-refractivity contribution in [3.8, 4) is 0 Å². The van der Waals surface area contributed by atoms with Gasteiger partial charge in [-0.25, -0.2) is 0 Å². The molecule has 0 atom stereocenters. The van der Waals surface area contributed by atoms with Gasteiger partial charge in [-0.3, -0.25) is 0 Å². The molecule has 0 aromatic heterocycles. The average molecular weight is 185 g/mol. The largest absolute Gasteiger partial charge is 0.398 e. The number of hydrogen-bond acceptors (Lipinski definition) is 1. The van der Waals surface area contributed by atoms with E-state index in [4.69, 9.17) is 5.73 Å². The molecule has 0 saturated heterocycles. The molecule has 0 unspecified atom stereocenters. The number of hydrogen-bond donors (Lipinski definition) is 1. The molecular weight excluding hydrogens is 170 g/mol. The number of nitrogen functional groups attached to an aromatic ring is 1. The second kappa shape index (κ2) is 3.97. The maximum atomic E-state index is 5.85. The van der Waals surface area contributed by atoms with Crippen LogP contribution in [0.2, 0.25) is 0 Å². The third-order valence-electron chi connectivity index (χ3n) is 2.17. The van der Waals surface area contributed by atoms with Gasteiger partial charge in [-0.1, -0.05) is 37.4 Å². The first-order chi connectivity index (χ1) is 6.56. The fourth-order valence-corrected chi connectivity index (χ4v) is 1.23. The summed E-state index contributed by atoms with van der Waals surface area (Å²) < 4.78 is 0. The molecule has 14 heavy (non-hydrogen) atoms. The second-order valence-corrected chi connectivity index (χ2v) is 3.30. The Morgan fingerprint density at radius 2 is 2.00 bits per heavy atom. The highest BCUT2D eigenvalue weighted by Gasteiger charge is 2.04. The molecule has 0 aliphatic carbocycles. The molecule has 1 rings (SSSR count). The van der Waals surface area contributed by atoms with E-state index in [0.717, 1.165) is 28.0 Å². The van der Waals surface area contributed by atoms with E-state index in [-0.39, 0.29) is 0 Å². The molecule has 0 fully saturated rings. The fourth-order valence-electron chi connectivity index (χ4n) is 1.23. The van der Waals surface area contributed by atoms with Gasteiger partial charge < -0.3 is 5.73 Å². The topological polar surface area (TPSA) is 26.0 Å². The van der Waals surface area contributed by atoms with E-state index in [1.807, 2.05) is 25.1 Å². The van der Waals surface area contributed by atoms with Crippen molar-refractivity contribution in [2.75, 3.05) is 5.73 Å². The minimum atomic E-state index is 0.726. The van der Waals surface area contributed by atoms with Crippen LogP contribution >= 0.6 is 0 Å². The first-order valence-corrected chi connectivity index (χ1v) is 4.43. The molecule has 0 aliphatic heterocycles. The maximum absolute atomic E-state index is 5.85. The van der Waals surface area contributed by atoms with Gasteiger partial charge in [0, 0.05) is 11.3 Å². The average Bonchev–Trinajstić information content (AvgIpc) is 2.19. The zero-order chi connectivity index (χ0) is 10.7.